The van der Waals surface area contributed by atoms with E-state index in [0.717, 1.165) is 17.1 Å². The van der Waals surface area contributed by atoms with E-state index in [1.165, 1.54) is 57.1 Å². The van der Waals surface area contributed by atoms with Crippen LogP contribution in [0, 0.1) is 11.8 Å². The molecule has 16 heavy (non-hydrogen) atoms. The number of rotatable bonds is 7. The van der Waals surface area contributed by atoms with Gasteiger partial charge in [-0.15, -0.1) is 0 Å². The van der Waals surface area contributed by atoms with E-state index in [9.17, 15) is 0 Å². The minimum atomic E-state index is 0.974. The van der Waals surface area contributed by atoms with Crippen LogP contribution < -0.4 is 0 Å². The van der Waals surface area contributed by atoms with E-state index >= 15 is 0 Å². The number of hydrogen-bond donors (Lipinski definition) is 0. The Morgan fingerprint density at radius 1 is 1.19 bits per heavy atom. The quantitative estimate of drug-likeness (QED) is 0.567. The third kappa shape index (κ3) is 5.12. The van der Waals surface area contributed by atoms with Gasteiger partial charge >= 0.3 is 0 Å². The molecule has 0 heterocycles. The molecule has 0 nitrogen and oxygen atoms in total. The van der Waals surface area contributed by atoms with Gasteiger partial charge in [-0.3, -0.25) is 0 Å². The van der Waals surface area contributed by atoms with Crippen molar-refractivity contribution in [3.05, 3.63) is 0 Å². The van der Waals surface area contributed by atoms with Gasteiger partial charge in [-0.25, -0.2) is 0 Å². The van der Waals surface area contributed by atoms with Crippen LogP contribution in [0.5, 0.6) is 0 Å². The molecule has 1 heteroatoms. The molecule has 1 aliphatic rings. The van der Waals surface area contributed by atoms with Gasteiger partial charge in [0.15, 0.2) is 0 Å². The van der Waals surface area contributed by atoms with Crippen LogP contribution in [-0.4, -0.2) is 11.0 Å². The van der Waals surface area contributed by atoms with Crippen LogP contribution in [0.25, 0.3) is 0 Å². The molecule has 3 unspecified atom stereocenters. The van der Waals surface area contributed by atoms with Crippen LogP contribution >= 0.6 is 11.8 Å². The summed E-state index contributed by atoms with van der Waals surface area (Å²) in [4.78, 5) is 0. The fourth-order valence-corrected chi connectivity index (χ4v) is 4.41. The summed E-state index contributed by atoms with van der Waals surface area (Å²) < 4.78 is 0. The van der Waals surface area contributed by atoms with Crippen molar-refractivity contribution in [2.45, 2.75) is 77.4 Å². The zero-order valence-corrected chi connectivity index (χ0v) is 12.3. The molecule has 0 radical (unpaired) electrons. The normalized spacial score (nSPS) is 27.9. The fraction of sp³-hybridized carbons (Fsp3) is 1.00. The molecule has 0 bridgehead atoms. The van der Waals surface area contributed by atoms with Crippen molar-refractivity contribution in [2.75, 3.05) is 5.75 Å². The molecule has 1 rings (SSSR count). The first kappa shape index (κ1) is 14.4. The lowest BCUT2D eigenvalue weighted by Crippen LogP contribution is -2.20. The molecule has 96 valence electrons. The van der Waals surface area contributed by atoms with E-state index in [2.05, 4.69) is 32.5 Å². The SMILES string of the molecule is CCCCC(CC)CSC1CCCCC1C. The maximum absolute atomic E-state index is 2.46. The van der Waals surface area contributed by atoms with Gasteiger partial charge in [0.1, 0.15) is 0 Å². The van der Waals surface area contributed by atoms with Crippen molar-refractivity contribution in [3.8, 4) is 0 Å². The molecule has 3 atom stereocenters. The highest BCUT2D eigenvalue weighted by molar-refractivity contribution is 7.99. The topological polar surface area (TPSA) is 0 Å². The Bertz CT molecular complexity index is 167. The van der Waals surface area contributed by atoms with E-state index in [0.29, 0.717) is 0 Å². The first-order valence-electron chi connectivity index (χ1n) is 7.39. The maximum Gasteiger partial charge on any atom is 0.00727 e. The molecular formula is C15H30S. The number of thioether (sulfide) groups is 1. The standard InChI is InChI=1S/C15H30S/c1-4-6-10-14(5-2)12-16-15-11-8-7-9-13(15)3/h13-15H,4-12H2,1-3H3. The summed E-state index contributed by atoms with van der Waals surface area (Å²) in [5, 5.41) is 0.976. The minimum Gasteiger partial charge on any atom is -0.158 e. The fourth-order valence-electron chi connectivity index (χ4n) is 2.69. The average Bonchev–Trinajstić information content (AvgIpc) is 2.31. The van der Waals surface area contributed by atoms with Gasteiger partial charge in [0.05, 0.1) is 0 Å². The van der Waals surface area contributed by atoms with Crippen LogP contribution in [0.1, 0.15) is 72.1 Å². The second-order valence-electron chi connectivity index (χ2n) is 5.55. The van der Waals surface area contributed by atoms with Gasteiger partial charge in [0.25, 0.3) is 0 Å². The van der Waals surface area contributed by atoms with Gasteiger partial charge in [-0.2, -0.15) is 11.8 Å². The Balaban J connectivity index is 2.19. The second kappa shape index (κ2) is 8.44. The molecule has 0 aromatic carbocycles. The molecule has 0 amide bonds. The smallest absolute Gasteiger partial charge is 0.00727 e. The lowest BCUT2D eigenvalue weighted by molar-refractivity contribution is 0.396. The summed E-state index contributed by atoms with van der Waals surface area (Å²) >= 11 is 2.29. The highest BCUT2D eigenvalue weighted by Crippen LogP contribution is 2.34. The first-order valence-corrected chi connectivity index (χ1v) is 8.44. The van der Waals surface area contributed by atoms with E-state index in [-0.39, 0.29) is 0 Å². The predicted octanol–water partition coefficient (Wildman–Crippen LogP) is 5.51. The summed E-state index contributed by atoms with van der Waals surface area (Å²) in [5.41, 5.74) is 0. The van der Waals surface area contributed by atoms with Crippen molar-refractivity contribution in [3.63, 3.8) is 0 Å². The molecule has 0 saturated heterocycles. The summed E-state index contributed by atoms with van der Waals surface area (Å²) in [6.45, 7) is 7.14. The van der Waals surface area contributed by atoms with E-state index in [4.69, 9.17) is 0 Å². The maximum atomic E-state index is 2.46. The lowest BCUT2D eigenvalue weighted by Gasteiger charge is -2.29. The summed E-state index contributed by atoms with van der Waals surface area (Å²) in [5.74, 6) is 3.38. The van der Waals surface area contributed by atoms with Gasteiger partial charge in [0, 0.05) is 5.25 Å². The van der Waals surface area contributed by atoms with E-state index in [1.54, 1.807) is 0 Å². The Labute approximate surface area is 107 Å². The van der Waals surface area contributed by atoms with Crippen molar-refractivity contribution < 1.29 is 0 Å². The summed E-state index contributed by atoms with van der Waals surface area (Å²) in [7, 11) is 0. The van der Waals surface area contributed by atoms with Gasteiger partial charge in [-0.05, 0) is 36.9 Å². The molecule has 1 fully saturated rings. The van der Waals surface area contributed by atoms with Gasteiger partial charge < -0.3 is 0 Å². The Morgan fingerprint density at radius 3 is 2.56 bits per heavy atom. The van der Waals surface area contributed by atoms with Gasteiger partial charge in [0.2, 0.25) is 0 Å². The van der Waals surface area contributed by atoms with Crippen LogP contribution in [-0.2, 0) is 0 Å². The molecule has 0 spiro atoms. The predicted molar refractivity (Wildman–Crippen MR) is 77.2 cm³/mol. The minimum absolute atomic E-state index is 0.974. The molecule has 1 aliphatic carbocycles. The van der Waals surface area contributed by atoms with E-state index in [1.807, 2.05) is 0 Å². The molecule has 1 saturated carbocycles. The molecule has 0 aromatic rings. The van der Waals surface area contributed by atoms with Gasteiger partial charge in [-0.1, -0.05) is 52.9 Å². The molecule has 0 aliphatic heterocycles. The van der Waals surface area contributed by atoms with Crippen LogP contribution in [0.2, 0.25) is 0 Å². The van der Waals surface area contributed by atoms with Crippen molar-refractivity contribution in [1.82, 2.24) is 0 Å². The number of unbranched alkanes of at least 4 members (excludes halogenated alkanes) is 1. The molecule has 0 N–H and O–H groups in total. The lowest BCUT2D eigenvalue weighted by atomic mass is 9.90. The first-order chi connectivity index (χ1) is 7.77. The molecule has 0 aromatic heterocycles. The highest BCUT2D eigenvalue weighted by Gasteiger charge is 2.22. The third-order valence-electron chi connectivity index (χ3n) is 4.12. The van der Waals surface area contributed by atoms with Crippen LogP contribution in [0.15, 0.2) is 0 Å². The highest BCUT2D eigenvalue weighted by atomic mass is 32.2. The van der Waals surface area contributed by atoms with Crippen molar-refractivity contribution in [2.24, 2.45) is 11.8 Å². The summed E-state index contributed by atoms with van der Waals surface area (Å²) in [6.07, 6.45) is 11.5. The van der Waals surface area contributed by atoms with Crippen molar-refractivity contribution >= 4 is 11.8 Å². The zero-order chi connectivity index (χ0) is 11.8. The zero-order valence-electron chi connectivity index (χ0n) is 11.5. The monoisotopic (exact) mass is 242 g/mol. The average molecular weight is 242 g/mol. The second-order valence-corrected chi connectivity index (χ2v) is 6.82. The third-order valence-corrected chi connectivity index (χ3v) is 5.91. The largest absolute Gasteiger partial charge is 0.158 e. The molecular weight excluding hydrogens is 212 g/mol. The van der Waals surface area contributed by atoms with Crippen LogP contribution in [0.3, 0.4) is 0 Å². The Kier molecular flexibility index (Phi) is 7.60. The Morgan fingerprint density at radius 2 is 1.94 bits per heavy atom. The van der Waals surface area contributed by atoms with Crippen LogP contribution in [0.4, 0.5) is 0 Å². The Hall–Kier alpha value is 0.350. The van der Waals surface area contributed by atoms with Crippen molar-refractivity contribution in [1.29, 1.82) is 0 Å². The summed E-state index contributed by atoms with van der Waals surface area (Å²) in [6, 6.07) is 0. The van der Waals surface area contributed by atoms with E-state index < -0.39 is 0 Å². The number of hydrogen-bond acceptors (Lipinski definition) is 1.